The second-order valence-corrected chi connectivity index (χ2v) is 6.83. The summed E-state index contributed by atoms with van der Waals surface area (Å²) in [5.41, 5.74) is 7.59. The van der Waals surface area contributed by atoms with Crippen molar-refractivity contribution in [2.45, 2.75) is 25.8 Å². The van der Waals surface area contributed by atoms with Crippen molar-refractivity contribution >= 4 is 50.2 Å². The summed E-state index contributed by atoms with van der Waals surface area (Å²) in [7, 11) is 0. The predicted molar refractivity (Wildman–Crippen MR) is 95.6 cm³/mol. The van der Waals surface area contributed by atoms with Crippen molar-refractivity contribution in [2.24, 2.45) is 5.73 Å². The van der Waals surface area contributed by atoms with Crippen molar-refractivity contribution < 1.29 is 0 Å². The van der Waals surface area contributed by atoms with Crippen LogP contribution in [0.3, 0.4) is 0 Å². The van der Waals surface area contributed by atoms with Gasteiger partial charge < -0.3 is 11.1 Å². The number of nitrogens with two attached hydrogens (primary N) is 1. The fraction of sp³-hybridized carbons (Fsp3) is 0.267. The van der Waals surface area contributed by atoms with Gasteiger partial charge in [-0.2, -0.15) is 0 Å². The van der Waals surface area contributed by atoms with Crippen LogP contribution in [0.1, 0.15) is 36.2 Å². The number of rotatable bonds is 6. The van der Waals surface area contributed by atoms with E-state index in [-0.39, 0.29) is 0 Å². The van der Waals surface area contributed by atoms with E-state index in [1.54, 1.807) is 11.3 Å². The first-order valence-electron chi connectivity index (χ1n) is 6.51. The van der Waals surface area contributed by atoms with Crippen molar-refractivity contribution in [1.29, 1.82) is 0 Å². The number of benzene rings is 1. The first-order valence-corrected chi connectivity index (χ1v) is 8.59. The highest BCUT2D eigenvalue weighted by molar-refractivity contribution is 9.10. The molecular formula is C15H17BrN2S2. The zero-order valence-corrected chi connectivity index (χ0v) is 14.4. The van der Waals surface area contributed by atoms with Gasteiger partial charge in [0.1, 0.15) is 4.99 Å². The van der Waals surface area contributed by atoms with Crippen LogP contribution in [0.5, 0.6) is 0 Å². The number of nitrogens with one attached hydrogen (secondary N) is 1. The molecule has 0 saturated carbocycles. The molecule has 1 heterocycles. The summed E-state index contributed by atoms with van der Waals surface area (Å²) in [6, 6.07) is 10.5. The van der Waals surface area contributed by atoms with Gasteiger partial charge in [0.05, 0.1) is 6.04 Å². The van der Waals surface area contributed by atoms with E-state index in [4.69, 9.17) is 18.0 Å². The van der Waals surface area contributed by atoms with Crippen LogP contribution in [0.2, 0.25) is 0 Å². The Bertz CT molecular complexity index is 582. The van der Waals surface area contributed by atoms with Crippen LogP contribution in [0.4, 0.5) is 5.69 Å². The summed E-state index contributed by atoms with van der Waals surface area (Å²) in [5, 5.41) is 5.71. The van der Waals surface area contributed by atoms with E-state index in [9.17, 15) is 0 Å². The standard InChI is InChI=1S/C15H17BrN2S2/c1-2-4-13(14-5-3-8-20-14)18-12-7-6-10(15(17)19)9-11(12)16/h3,5-9,13,18H,2,4H2,1H3,(H2,17,19). The van der Waals surface area contributed by atoms with E-state index in [2.05, 4.69) is 45.7 Å². The summed E-state index contributed by atoms with van der Waals surface area (Å²) in [6.07, 6.45) is 2.24. The molecule has 0 aliphatic rings. The van der Waals surface area contributed by atoms with Gasteiger partial charge >= 0.3 is 0 Å². The predicted octanol–water partition coefficient (Wildman–Crippen LogP) is 5.10. The van der Waals surface area contributed by atoms with Gasteiger partial charge in [0, 0.05) is 20.6 Å². The molecule has 0 radical (unpaired) electrons. The summed E-state index contributed by atoms with van der Waals surface area (Å²) in [6.45, 7) is 2.20. The summed E-state index contributed by atoms with van der Waals surface area (Å²) >= 11 is 10.4. The van der Waals surface area contributed by atoms with Gasteiger partial charge in [-0.3, -0.25) is 0 Å². The fourth-order valence-corrected chi connectivity index (χ4v) is 3.47. The van der Waals surface area contributed by atoms with E-state index in [1.807, 2.05) is 18.2 Å². The quantitative estimate of drug-likeness (QED) is 0.696. The highest BCUT2D eigenvalue weighted by Crippen LogP contribution is 2.31. The number of halogens is 1. The second-order valence-electron chi connectivity index (χ2n) is 4.56. The molecular weight excluding hydrogens is 352 g/mol. The molecule has 20 heavy (non-hydrogen) atoms. The Morgan fingerprint density at radius 1 is 1.45 bits per heavy atom. The molecule has 0 aliphatic heterocycles. The van der Waals surface area contributed by atoms with Crippen molar-refractivity contribution in [3.63, 3.8) is 0 Å². The Labute approximate surface area is 137 Å². The Hall–Kier alpha value is -0.910. The average Bonchev–Trinajstić information content (AvgIpc) is 2.94. The third-order valence-electron chi connectivity index (χ3n) is 3.05. The first-order chi connectivity index (χ1) is 9.61. The Morgan fingerprint density at radius 3 is 2.80 bits per heavy atom. The van der Waals surface area contributed by atoms with Crippen LogP contribution >= 0.6 is 39.5 Å². The number of thiophene rings is 1. The molecule has 1 aromatic heterocycles. The highest BCUT2D eigenvalue weighted by atomic mass is 79.9. The number of anilines is 1. The van der Waals surface area contributed by atoms with Gasteiger partial charge in [-0.1, -0.05) is 31.6 Å². The summed E-state index contributed by atoms with van der Waals surface area (Å²) in [4.78, 5) is 1.78. The van der Waals surface area contributed by atoms with Crippen LogP contribution in [0.25, 0.3) is 0 Å². The summed E-state index contributed by atoms with van der Waals surface area (Å²) in [5.74, 6) is 0. The average molecular weight is 369 g/mol. The van der Waals surface area contributed by atoms with Crippen LogP contribution in [0.15, 0.2) is 40.2 Å². The Morgan fingerprint density at radius 2 is 2.25 bits per heavy atom. The minimum atomic E-state index is 0.340. The molecule has 0 amide bonds. The third kappa shape index (κ3) is 3.81. The lowest BCUT2D eigenvalue weighted by atomic mass is 10.1. The van der Waals surface area contributed by atoms with E-state index >= 15 is 0 Å². The molecule has 2 aromatic rings. The zero-order chi connectivity index (χ0) is 14.5. The van der Waals surface area contributed by atoms with Gasteiger partial charge in [0.25, 0.3) is 0 Å². The minimum absolute atomic E-state index is 0.340. The highest BCUT2D eigenvalue weighted by Gasteiger charge is 2.13. The maximum Gasteiger partial charge on any atom is 0.104 e. The SMILES string of the molecule is CCCC(Nc1ccc(C(N)=S)cc1Br)c1cccs1. The molecule has 106 valence electrons. The minimum Gasteiger partial charge on any atom is -0.389 e. The second kappa shape index (κ2) is 7.20. The lowest BCUT2D eigenvalue weighted by molar-refractivity contribution is 0.687. The topological polar surface area (TPSA) is 38.0 Å². The normalized spacial score (nSPS) is 12.1. The maximum atomic E-state index is 5.65. The van der Waals surface area contributed by atoms with Gasteiger partial charge in [0.15, 0.2) is 0 Å². The van der Waals surface area contributed by atoms with Crippen LogP contribution < -0.4 is 11.1 Å². The molecule has 0 spiro atoms. The molecule has 1 unspecified atom stereocenters. The van der Waals surface area contributed by atoms with Gasteiger partial charge in [-0.15, -0.1) is 11.3 Å². The molecule has 0 bridgehead atoms. The number of hydrogen-bond acceptors (Lipinski definition) is 3. The molecule has 5 heteroatoms. The van der Waals surface area contributed by atoms with Crippen LogP contribution in [-0.4, -0.2) is 4.99 Å². The molecule has 0 aliphatic carbocycles. The van der Waals surface area contributed by atoms with Crippen molar-refractivity contribution in [3.05, 3.63) is 50.6 Å². The van der Waals surface area contributed by atoms with Crippen LogP contribution in [-0.2, 0) is 0 Å². The Kier molecular flexibility index (Phi) is 5.57. The Balaban J connectivity index is 2.21. The first kappa shape index (κ1) is 15.5. The molecule has 2 rings (SSSR count). The van der Waals surface area contributed by atoms with E-state index < -0.39 is 0 Å². The van der Waals surface area contributed by atoms with E-state index in [1.165, 1.54) is 4.88 Å². The molecule has 0 saturated heterocycles. The van der Waals surface area contributed by atoms with E-state index in [0.717, 1.165) is 28.6 Å². The molecule has 0 fully saturated rings. The van der Waals surface area contributed by atoms with Gasteiger partial charge in [0.2, 0.25) is 0 Å². The lowest BCUT2D eigenvalue weighted by Gasteiger charge is -2.19. The summed E-state index contributed by atoms with van der Waals surface area (Å²) < 4.78 is 0.987. The fourth-order valence-electron chi connectivity index (χ4n) is 2.04. The largest absolute Gasteiger partial charge is 0.389 e. The molecule has 1 atom stereocenters. The molecule has 2 nitrogen and oxygen atoms in total. The van der Waals surface area contributed by atoms with Crippen molar-refractivity contribution in [1.82, 2.24) is 0 Å². The zero-order valence-electron chi connectivity index (χ0n) is 11.2. The lowest BCUT2D eigenvalue weighted by Crippen LogP contribution is -2.12. The maximum absolute atomic E-state index is 5.65. The van der Waals surface area contributed by atoms with Crippen LogP contribution in [0, 0.1) is 0 Å². The number of hydrogen-bond donors (Lipinski definition) is 2. The molecule has 3 N–H and O–H groups in total. The molecule has 1 aromatic carbocycles. The van der Waals surface area contributed by atoms with Crippen molar-refractivity contribution in [3.8, 4) is 0 Å². The third-order valence-corrected chi connectivity index (χ3v) is 4.93. The van der Waals surface area contributed by atoms with Gasteiger partial charge in [-0.25, -0.2) is 0 Å². The number of thiocarbonyl (C=S) groups is 1. The smallest absolute Gasteiger partial charge is 0.104 e. The van der Waals surface area contributed by atoms with Gasteiger partial charge in [-0.05, 0) is 52.0 Å². The monoisotopic (exact) mass is 368 g/mol. The van der Waals surface area contributed by atoms with Crippen molar-refractivity contribution in [2.75, 3.05) is 5.32 Å². The van der Waals surface area contributed by atoms with E-state index in [0.29, 0.717) is 11.0 Å².